The minimum atomic E-state index is -0.366. The molecule has 0 unspecified atom stereocenters. The van der Waals surface area contributed by atoms with Crippen molar-refractivity contribution >= 4 is 11.6 Å². The van der Waals surface area contributed by atoms with Gasteiger partial charge in [-0.3, -0.25) is 4.79 Å². The lowest BCUT2D eigenvalue weighted by Gasteiger charge is -2.25. The topological polar surface area (TPSA) is 50.8 Å². The van der Waals surface area contributed by atoms with Crippen LogP contribution in [-0.4, -0.2) is 52.0 Å². The highest BCUT2D eigenvalue weighted by molar-refractivity contribution is 5.81. The number of nitrogens with one attached hydrogen (secondary N) is 1. The van der Waals surface area contributed by atoms with Gasteiger partial charge in [0.2, 0.25) is 5.91 Å². The van der Waals surface area contributed by atoms with Crippen molar-refractivity contribution < 1.29 is 14.3 Å². The summed E-state index contributed by atoms with van der Waals surface area (Å²) < 4.78 is 10.9. The number of amides is 1. The molecule has 3 rings (SSSR count). The molecule has 0 bridgehead atoms. The monoisotopic (exact) mass is 346 g/mol. The molecule has 1 N–H and O–H groups in total. The largest absolute Gasteiger partial charge is 0.383 e. The summed E-state index contributed by atoms with van der Waals surface area (Å²) in [5, 5.41) is 2.90. The minimum Gasteiger partial charge on any atom is -0.383 e. The number of para-hydroxylation sites is 1. The molecule has 25 heavy (non-hydrogen) atoms. The van der Waals surface area contributed by atoms with Crippen molar-refractivity contribution in [2.75, 3.05) is 44.9 Å². The first kappa shape index (κ1) is 18.2. The average Bonchev–Trinajstić information content (AvgIpc) is 3.17. The van der Waals surface area contributed by atoms with Crippen molar-refractivity contribution in [3.63, 3.8) is 0 Å². The number of nitrogens with zero attached hydrogens (tertiary/aromatic N) is 1. The molecule has 5 heteroatoms. The summed E-state index contributed by atoms with van der Waals surface area (Å²) in [6, 6.07) is 8.61. The number of ether oxygens (including phenoxy) is 2. The van der Waals surface area contributed by atoms with Crippen molar-refractivity contribution in [3.8, 4) is 0 Å². The molecule has 0 aromatic heterocycles. The molecular formula is C20H30N2O3. The zero-order chi connectivity index (χ0) is 17.9. The smallest absolute Gasteiger partial charge is 0.249 e. The lowest BCUT2D eigenvalue weighted by Crippen LogP contribution is -2.38. The van der Waals surface area contributed by atoms with Crippen LogP contribution in [0.3, 0.4) is 0 Å². The first-order valence-corrected chi connectivity index (χ1v) is 9.28. The van der Waals surface area contributed by atoms with Gasteiger partial charge in [0.1, 0.15) is 6.10 Å². The van der Waals surface area contributed by atoms with E-state index in [1.807, 2.05) is 0 Å². The molecule has 1 spiro atoms. The molecule has 1 aromatic carbocycles. The van der Waals surface area contributed by atoms with Crippen molar-refractivity contribution in [2.24, 2.45) is 5.92 Å². The molecule has 0 aliphatic carbocycles. The lowest BCUT2D eigenvalue weighted by molar-refractivity contribution is -0.130. The van der Waals surface area contributed by atoms with Gasteiger partial charge in [-0.15, -0.1) is 0 Å². The summed E-state index contributed by atoms with van der Waals surface area (Å²) in [5.74, 6) is 0.662. The van der Waals surface area contributed by atoms with E-state index in [-0.39, 0.29) is 17.4 Å². The third-order valence-electron chi connectivity index (χ3n) is 5.32. The zero-order valence-corrected chi connectivity index (χ0v) is 15.6. The maximum absolute atomic E-state index is 12.4. The van der Waals surface area contributed by atoms with Crippen molar-refractivity contribution in [1.82, 2.24) is 5.32 Å². The third-order valence-corrected chi connectivity index (χ3v) is 5.32. The first-order valence-electron chi connectivity index (χ1n) is 9.28. The number of methoxy groups -OCH3 is 1. The minimum absolute atomic E-state index is 0.0213. The van der Waals surface area contributed by atoms with Gasteiger partial charge in [0.25, 0.3) is 0 Å². The number of fused-ring (bicyclic) bond motifs is 2. The SMILES string of the molecule is COCCNC(=O)[C@@H]1C[C@@]2(CO1)CN(CCC(C)C)c1ccccc12. The molecule has 0 radical (unpaired) electrons. The average molecular weight is 346 g/mol. The number of hydrogen-bond acceptors (Lipinski definition) is 4. The van der Waals surface area contributed by atoms with E-state index in [1.54, 1.807) is 7.11 Å². The Labute approximate surface area is 150 Å². The number of hydrogen-bond donors (Lipinski definition) is 1. The number of rotatable bonds is 7. The molecule has 2 heterocycles. The summed E-state index contributed by atoms with van der Waals surface area (Å²) in [7, 11) is 1.63. The number of carbonyl (C=O) groups excluding carboxylic acids is 1. The van der Waals surface area contributed by atoms with Crippen LogP contribution in [0.15, 0.2) is 24.3 Å². The van der Waals surface area contributed by atoms with Gasteiger partial charge in [0.15, 0.2) is 0 Å². The standard InChI is InChI=1S/C20H30N2O3/c1-15(2)8-10-22-13-20(16-6-4-5-7-17(16)22)12-18(25-14-20)19(23)21-9-11-24-3/h4-7,15,18H,8-14H2,1-3H3,(H,21,23)/t18-,20-/m0/s1. The van der Waals surface area contributed by atoms with Gasteiger partial charge in [-0.2, -0.15) is 0 Å². The number of carbonyl (C=O) groups is 1. The molecule has 2 aliphatic heterocycles. The van der Waals surface area contributed by atoms with Crippen molar-refractivity contribution in [1.29, 1.82) is 0 Å². The Morgan fingerprint density at radius 2 is 2.24 bits per heavy atom. The summed E-state index contributed by atoms with van der Waals surface area (Å²) >= 11 is 0. The highest BCUT2D eigenvalue weighted by Gasteiger charge is 2.50. The van der Waals surface area contributed by atoms with E-state index in [4.69, 9.17) is 9.47 Å². The van der Waals surface area contributed by atoms with Gasteiger partial charge in [0.05, 0.1) is 13.2 Å². The summed E-state index contributed by atoms with van der Waals surface area (Å²) in [6.45, 7) is 8.19. The molecule has 1 aromatic rings. The summed E-state index contributed by atoms with van der Waals surface area (Å²) in [4.78, 5) is 14.8. The maximum atomic E-state index is 12.4. The Morgan fingerprint density at radius 3 is 3.00 bits per heavy atom. The van der Waals surface area contributed by atoms with Gasteiger partial charge in [0, 0.05) is 37.8 Å². The van der Waals surface area contributed by atoms with Gasteiger partial charge in [-0.05, 0) is 30.4 Å². The molecule has 1 saturated heterocycles. The third kappa shape index (κ3) is 3.82. The fourth-order valence-electron chi connectivity index (χ4n) is 3.94. The van der Waals surface area contributed by atoms with Gasteiger partial charge in [-0.1, -0.05) is 32.0 Å². The molecule has 2 aliphatic rings. The number of benzene rings is 1. The van der Waals surface area contributed by atoms with Crippen LogP contribution < -0.4 is 10.2 Å². The second kappa shape index (κ2) is 7.75. The van der Waals surface area contributed by atoms with Crippen LogP contribution in [-0.2, 0) is 19.7 Å². The van der Waals surface area contributed by atoms with Crippen LogP contribution in [0, 0.1) is 5.92 Å². The highest BCUT2D eigenvalue weighted by Crippen LogP contribution is 2.47. The maximum Gasteiger partial charge on any atom is 0.249 e. The van der Waals surface area contributed by atoms with E-state index in [0.717, 1.165) is 19.5 Å². The van der Waals surface area contributed by atoms with Crippen LogP contribution in [0.1, 0.15) is 32.3 Å². The van der Waals surface area contributed by atoms with E-state index in [9.17, 15) is 4.79 Å². The second-order valence-electron chi connectivity index (χ2n) is 7.69. The van der Waals surface area contributed by atoms with Crippen LogP contribution in [0.25, 0.3) is 0 Å². The van der Waals surface area contributed by atoms with Gasteiger partial charge < -0.3 is 19.7 Å². The highest BCUT2D eigenvalue weighted by atomic mass is 16.5. The molecule has 2 atom stereocenters. The predicted molar refractivity (Wildman–Crippen MR) is 99.0 cm³/mol. The molecule has 5 nitrogen and oxygen atoms in total. The zero-order valence-electron chi connectivity index (χ0n) is 15.6. The van der Waals surface area contributed by atoms with Gasteiger partial charge in [-0.25, -0.2) is 0 Å². The van der Waals surface area contributed by atoms with Crippen LogP contribution in [0.4, 0.5) is 5.69 Å². The summed E-state index contributed by atoms with van der Waals surface area (Å²) in [6.07, 6.45) is 1.56. The van der Waals surface area contributed by atoms with E-state index in [1.165, 1.54) is 17.7 Å². The Bertz CT molecular complexity index is 604. The lowest BCUT2D eigenvalue weighted by atomic mass is 9.80. The second-order valence-corrected chi connectivity index (χ2v) is 7.69. The Balaban J connectivity index is 1.71. The normalized spacial score (nSPS) is 25.0. The van der Waals surface area contributed by atoms with E-state index in [0.29, 0.717) is 25.7 Å². The first-order chi connectivity index (χ1) is 12.1. The fourth-order valence-corrected chi connectivity index (χ4v) is 3.94. The van der Waals surface area contributed by atoms with Crippen molar-refractivity contribution in [3.05, 3.63) is 29.8 Å². The number of anilines is 1. The quantitative estimate of drug-likeness (QED) is 0.770. The Kier molecular flexibility index (Phi) is 5.64. The molecule has 0 saturated carbocycles. The molecule has 138 valence electrons. The van der Waals surface area contributed by atoms with Crippen LogP contribution >= 0.6 is 0 Å². The fraction of sp³-hybridized carbons (Fsp3) is 0.650. The molecular weight excluding hydrogens is 316 g/mol. The summed E-state index contributed by atoms with van der Waals surface area (Å²) in [5.41, 5.74) is 2.59. The van der Waals surface area contributed by atoms with Gasteiger partial charge >= 0.3 is 0 Å². The van der Waals surface area contributed by atoms with E-state index < -0.39 is 0 Å². The van der Waals surface area contributed by atoms with Crippen LogP contribution in [0.5, 0.6) is 0 Å². The van der Waals surface area contributed by atoms with Crippen LogP contribution in [0.2, 0.25) is 0 Å². The van der Waals surface area contributed by atoms with E-state index >= 15 is 0 Å². The predicted octanol–water partition coefficient (Wildman–Crippen LogP) is 2.34. The molecule has 1 amide bonds. The van der Waals surface area contributed by atoms with E-state index in [2.05, 4.69) is 48.3 Å². The Morgan fingerprint density at radius 1 is 1.44 bits per heavy atom. The Hall–Kier alpha value is -1.59. The van der Waals surface area contributed by atoms with Crippen molar-refractivity contribution in [2.45, 2.75) is 38.2 Å². The molecule has 1 fully saturated rings.